The summed E-state index contributed by atoms with van der Waals surface area (Å²) in [4.78, 5) is 24.5. The zero-order chi connectivity index (χ0) is 22.4. The fourth-order valence-corrected chi connectivity index (χ4v) is 4.81. The van der Waals surface area contributed by atoms with E-state index in [2.05, 4.69) is 28.6 Å². The Balaban J connectivity index is 1.64. The molecule has 2 N–H and O–H groups in total. The van der Waals surface area contributed by atoms with Gasteiger partial charge in [-0.25, -0.2) is 4.98 Å². The summed E-state index contributed by atoms with van der Waals surface area (Å²) in [7, 11) is 3.60. The van der Waals surface area contributed by atoms with Gasteiger partial charge in [-0.2, -0.15) is 0 Å². The summed E-state index contributed by atoms with van der Waals surface area (Å²) >= 11 is 0. The predicted molar refractivity (Wildman–Crippen MR) is 125 cm³/mol. The van der Waals surface area contributed by atoms with Crippen molar-refractivity contribution in [2.24, 2.45) is 12.8 Å². The van der Waals surface area contributed by atoms with Gasteiger partial charge >= 0.3 is 0 Å². The van der Waals surface area contributed by atoms with Crippen LogP contribution in [0.1, 0.15) is 30.1 Å². The van der Waals surface area contributed by atoms with Crippen LogP contribution in [0.15, 0.2) is 36.5 Å². The number of benzene rings is 1. The van der Waals surface area contributed by atoms with Crippen molar-refractivity contribution in [1.29, 1.82) is 0 Å². The molecule has 0 aliphatic carbocycles. The highest BCUT2D eigenvalue weighted by Gasteiger charge is 2.25. The Morgan fingerprint density at radius 1 is 1.28 bits per heavy atom. The Morgan fingerprint density at radius 2 is 2.12 bits per heavy atom. The smallest absolute Gasteiger partial charge is 0.254 e. The number of nitrogens with two attached hydrogens (primary N) is 1. The Morgan fingerprint density at radius 3 is 2.88 bits per heavy atom. The number of imidazole rings is 1. The maximum Gasteiger partial charge on any atom is 0.254 e. The maximum atomic E-state index is 13.2. The van der Waals surface area contributed by atoms with E-state index in [-0.39, 0.29) is 11.9 Å². The fraction of sp³-hybridized carbons (Fsp3) is 0.375. The summed E-state index contributed by atoms with van der Waals surface area (Å²) in [5.74, 6) is 1.41. The third kappa shape index (κ3) is 3.22. The number of nitrogens with zero attached hydrogens (tertiary/aromatic N) is 5. The molecule has 1 saturated heterocycles. The minimum atomic E-state index is -0.0283. The quantitative estimate of drug-likeness (QED) is 0.535. The predicted octanol–water partition coefficient (Wildman–Crippen LogP) is 3.18. The Hall–Kier alpha value is -3.39. The normalized spacial score (nSPS) is 16.8. The summed E-state index contributed by atoms with van der Waals surface area (Å²) in [5, 5.41) is 0. The van der Waals surface area contributed by atoms with Gasteiger partial charge in [0.25, 0.3) is 5.91 Å². The molecule has 0 spiro atoms. The van der Waals surface area contributed by atoms with Crippen molar-refractivity contribution >= 4 is 28.0 Å². The van der Waals surface area contributed by atoms with Gasteiger partial charge in [0.05, 0.1) is 29.4 Å². The minimum Gasteiger partial charge on any atom is -0.494 e. The van der Waals surface area contributed by atoms with Crippen molar-refractivity contribution in [1.82, 2.24) is 24.0 Å². The van der Waals surface area contributed by atoms with E-state index in [1.54, 1.807) is 13.3 Å². The second-order valence-electron chi connectivity index (χ2n) is 8.38. The van der Waals surface area contributed by atoms with Gasteiger partial charge in [0, 0.05) is 44.5 Å². The topological polar surface area (TPSA) is 91.2 Å². The van der Waals surface area contributed by atoms with Crippen LogP contribution in [-0.2, 0) is 13.6 Å². The first-order chi connectivity index (χ1) is 15.5. The molecule has 0 saturated carbocycles. The number of amides is 1. The molecule has 1 atom stereocenters. The lowest BCUT2D eigenvalue weighted by atomic mass is 10.0. The van der Waals surface area contributed by atoms with E-state index >= 15 is 0 Å². The first-order valence-corrected chi connectivity index (χ1v) is 11.1. The summed E-state index contributed by atoms with van der Waals surface area (Å²) in [6.07, 6.45) is 3.68. The summed E-state index contributed by atoms with van der Waals surface area (Å²) in [6, 6.07) is 9.78. The van der Waals surface area contributed by atoms with Crippen LogP contribution >= 0.6 is 0 Å². The molecule has 32 heavy (non-hydrogen) atoms. The SMILES string of the molecule is CCn1c(-c2nc3cc(C(=O)N4CCCC(N)C4)cc(OC)c3n2C)cc2ncccc21. The number of rotatable bonds is 4. The highest BCUT2D eigenvalue weighted by molar-refractivity contribution is 6.00. The molecule has 1 unspecified atom stereocenters. The number of hydrogen-bond donors (Lipinski definition) is 1. The van der Waals surface area contributed by atoms with E-state index in [1.165, 1.54) is 0 Å². The zero-order valence-corrected chi connectivity index (χ0v) is 18.7. The van der Waals surface area contributed by atoms with Crippen LogP contribution in [0.3, 0.4) is 0 Å². The Bertz CT molecular complexity index is 1320. The van der Waals surface area contributed by atoms with Gasteiger partial charge in [0.15, 0.2) is 5.82 Å². The lowest BCUT2D eigenvalue weighted by Gasteiger charge is -2.30. The summed E-state index contributed by atoms with van der Waals surface area (Å²) in [6.45, 7) is 4.21. The third-order valence-electron chi connectivity index (χ3n) is 6.36. The Labute approximate surface area is 186 Å². The molecule has 166 valence electrons. The van der Waals surface area contributed by atoms with Crippen LogP contribution in [0.2, 0.25) is 0 Å². The van der Waals surface area contributed by atoms with Crippen LogP contribution in [-0.4, -0.2) is 56.2 Å². The molecule has 0 radical (unpaired) electrons. The van der Waals surface area contributed by atoms with E-state index in [9.17, 15) is 4.79 Å². The van der Waals surface area contributed by atoms with Crippen LogP contribution in [0.4, 0.5) is 0 Å². The average Bonchev–Trinajstić information content (AvgIpc) is 3.35. The molecule has 4 heterocycles. The molecule has 8 nitrogen and oxygen atoms in total. The van der Waals surface area contributed by atoms with Crippen LogP contribution in [0.25, 0.3) is 33.6 Å². The number of methoxy groups -OCH3 is 1. The van der Waals surface area contributed by atoms with Crippen LogP contribution in [0.5, 0.6) is 5.75 Å². The third-order valence-corrected chi connectivity index (χ3v) is 6.36. The number of aromatic nitrogens is 4. The van der Waals surface area contributed by atoms with Gasteiger partial charge in [-0.1, -0.05) is 0 Å². The first kappa shape index (κ1) is 20.5. The van der Waals surface area contributed by atoms with Gasteiger partial charge in [0.2, 0.25) is 0 Å². The van der Waals surface area contributed by atoms with Crippen LogP contribution in [0, 0.1) is 0 Å². The second kappa shape index (κ2) is 7.94. The molecule has 5 rings (SSSR count). The van der Waals surface area contributed by atoms with Crippen molar-refractivity contribution in [3.8, 4) is 17.3 Å². The molecule has 1 aliphatic rings. The number of aryl methyl sites for hydroxylation is 2. The highest BCUT2D eigenvalue weighted by atomic mass is 16.5. The Kier molecular flexibility index (Phi) is 5.09. The average molecular weight is 433 g/mol. The highest BCUT2D eigenvalue weighted by Crippen LogP contribution is 2.34. The monoisotopic (exact) mass is 432 g/mol. The van der Waals surface area contributed by atoms with E-state index < -0.39 is 0 Å². The van der Waals surface area contributed by atoms with E-state index in [4.69, 9.17) is 15.5 Å². The molecule has 1 amide bonds. The van der Waals surface area contributed by atoms with Gasteiger partial charge in [0.1, 0.15) is 11.3 Å². The van der Waals surface area contributed by atoms with Gasteiger partial charge in [-0.05, 0) is 50.1 Å². The fourth-order valence-electron chi connectivity index (χ4n) is 4.81. The van der Waals surface area contributed by atoms with E-state index in [1.807, 2.05) is 34.7 Å². The lowest BCUT2D eigenvalue weighted by molar-refractivity contribution is 0.0708. The number of hydrogen-bond acceptors (Lipinski definition) is 5. The van der Waals surface area contributed by atoms with Crippen molar-refractivity contribution in [2.75, 3.05) is 20.2 Å². The largest absolute Gasteiger partial charge is 0.494 e. The standard InChI is InChI=1S/C24H28N6O2/c1-4-30-19-8-5-9-26-17(19)13-20(30)23-27-18-11-15(12-21(32-3)22(18)28(23)2)24(31)29-10-6-7-16(25)14-29/h5,8-9,11-13,16H,4,6-7,10,14,25H2,1-3H3. The zero-order valence-electron chi connectivity index (χ0n) is 18.7. The first-order valence-electron chi connectivity index (χ1n) is 11.1. The number of carbonyl (C=O) groups excluding carboxylic acids is 1. The second-order valence-corrected chi connectivity index (χ2v) is 8.38. The van der Waals surface area contributed by atoms with Crippen molar-refractivity contribution < 1.29 is 9.53 Å². The molecule has 0 bridgehead atoms. The van der Waals surface area contributed by atoms with Crippen molar-refractivity contribution in [3.05, 3.63) is 42.1 Å². The van der Waals surface area contributed by atoms with E-state index in [0.29, 0.717) is 17.9 Å². The molecule has 4 aromatic rings. The summed E-state index contributed by atoms with van der Waals surface area (Å²) in [5.41, 5.74) is 11.2. The van der Waals surface area contributed by atoms with Crippen LogP contribution < -0.4 is 10.5 Å². The lowest BCUT2D eigenvalue weighted by Crippen LogP contribution is -2.45. The molecule has 8 heteroatoms. The number of carbonyl (C=O) groups is 1. The number of pyridine rings is 1. The number of fused-ring (bicyclic) bond motifs is 2. The van der Waals surface area contributed by atoms with Crippen molar-refractivity contribution in [2.45, 2.75) is 32.4 Å². The number of piperidine rings is 1. The number of ether oxygens (including phenoxy) is 1. The molecular formula is C24H28N6O2. The van der Waals surface area contributed by atoms with Gasteiger partial charge in [-0.15, -0.1) is 0 Å². The van der Waals surface area contributed by atoms with Crippen molar-refractivity contribution in [3.63, 3.8) is 0 Å². The molecule has 1 aromatic carbocycles. The molecular weight excluding hydrogens is 404 g/mol. The molecule has 3 aromatic heterocycles. The summed E-state index contributed by atoms with van der Waals surface area (Å²) < 4.78 is 9.93. The maximum absolute atomic E-state index is 13.2. The minimum absolute atomic E-state index is 0.0283. The van der Waals surface area contributed by atoms with E-state index in [0.717, 1.165) is 59.5 Å². The molecule has 1 fully saturated rings. The van der Waals surface area contributed by atoms with Gasteiger partial charge in [-0.3, -0.25) is 9.78 Å². The molecule has 1 aliphatic heterocycles. The number of likely N-dealkylation sites (tertiary alicyclic amines) is 1. The van der Waals surface area contributed by atoms with Gasteiger partial charge < -0.3 is 24.5 Å².